The van der Waals surface area contributed by atoms with Gasteiger partial charge in [-0.15, -0.1) is 0 Å². The number of carbonyl (C=O) groups excluding carboxylic acids is 2. The highest BCUT2D eigenvalue weighted by Gasteiger charge is 2.31. The summed E-state index contributed by atoms with van der Waals surface area (Å²) in [6.07, 6.45) is -1.72. The first kappa shape index (κ1) is 21.3. The third kappa shape index (κ3) is 7.54. The van der Waals surface area contributed by atoms with E-state index in [2.05, 4.69) is 5.32 Å². The molecule has 2 amide bonds. The molecular weight excluding hydrogens is 326 g/mol. The monoisotopic (exact) mass is 347 g/mol. The van der Waals surface area contributed by atoms with Crippen LogP contribution in [-0.2, 0) is 24.0 Å². The van der Waals surface area contributed by atoms with Crippen LogP contribution in [0.25, 0.3) is 0 Å². The van der Waals surface area contributed by atoms with Gasteiger partial charge in [0.1, 0.15) is 12.1 Å². The van der Waals surface area contributed by atoms with Crippen molar-refractivity contribution in [1.82, 2.24) is 10.6 Å². The van der Waals surface area contributed by atoms with E-state index in [1.165, 1.54) is 0 Å². The second kappa shape index (κ2) is 9.45. The normalized spacial score (nSPS) is 14.3. The Labute approximate surface area is 137 Å². The summed E-state index contributed by atoms with van der Waals surface area (Å²) in [6.45, 7) is 3.29. The van der Waals surface area contributed by atoms with Crippen LogP contribution >= 0.6 is 0 Å². The van der Waals surface area contributed by atoms with Crippen molar-refractivity contribution in [3.05, 3.63) is 0 Å². The molecule has 0 saturated carbocycles. The number of aliphatic carboxylic acids is 3. The van der Waals surface area contributed by atoms with E-state index < -0.39 is 60.7 Å². The molecule has 0 aliphatic carbocycles. The van der Waals surface area contributed by atoms with Crippen LogP contribution in [0.5, 0.6) is 0 Å². The molecule has 7 N–H and O–H groups in total. The van der Waals surface area contributed by atoms with Gasteiger partial charge in [0.15, 0.2) is 0 Å². The van der Waals surface area contributed by atoms with Crippen LogP contribution in [0.2, 0.25) is 0 Å². The number of carboxylic acids is 3. The minimum Gasteiger partial charge on any atom is -0.481 e. The summed E-state index contributed by atoms with van der Waals surface area (Å²) in [7, 11) is 0. The molecule has 136 valence electrons. The van der Waals surface area contributed by atoms with Gasteiger partial charge in [0.05, 0.1) is 18.9 Å². The van der Waals surface area contributed by atoms with Crippen molar-refractivity contribution in [1.29, 1.82) is 0 Å². The highest BCUT2D eigenvalue weighted by atomic mass is 16.4. The fourth-order valence-electron chi connectivity index (χ4n) is 1.60. The second-order valence-electron chi connectivity index (χ2n) is 5.43. The zero-order valence-electron chi connectivity index (χ0n) is 13.2. The molecule has 11 heteroatoms. The van der Waals surface area contributed by atoms with Crippen molar-refractivity contribution in [3.8, 4) is 0 Å². The molecule has 0 aromatic rings. The Bertz CT molecular complexity index is 519. The van der Waals surface area contributed by atoms with Crippen LogP contribution in [0.4, 0.5) is 0 Å². The predicted molar refractivity (Wildman–Crippen MR) is 78.8 cm³/mol. The number of hydrogen-bond donors (Lipinski definition) is 6. The van der Waals surface area contributed by atoms with Crippen LogP contribution in [-0.4, -0.2) is 63.2 Å². The van der Waals surface area contributed by atoms with Gasteiger partial charge in [-0.3, -0.25) is 19.2 Å². The van der Waals surface area contributed by atoms with Crippen molar-refractivity contribution < 1.29 is 39.3 Å². The zero-order chi connectivity index (χ0) is 19.0. The largest absolute Gasteiger partial charge is 0.481 e. The van der Waals surface area contributed by atoms with Crippen LogP contribution in [0.1, 0.15) is 26.7 Å². The smallest absolute Gasteiger partial charge is 0.326 e. The first-order chi connectivity index (χ1) is 11.0. The van der Waals surface area contributed by atoms with Gasteiger partial charge < -0.3 is 31.7 Å². The Kier molecular flexibility index (Phi) is 8.39. The molecule has 0 heterocycles. The number of hydrogen-bond acceptors (Lipinski definition) is 6. The molecule has 0 rings (SSSR count). The first-order valence-corrected chi connectivity index (χ1v) is 6.98. The molecule has 0 radical (unpaired) electrons. The molecule has 0 bridgehead atoms. The lowest BCUT2D eigenvalue weighted by molar-refractivity contribution is -0.148. The van der Waals surface area contributed by atoms with Gasteiger partial charge in [-0.2, -0.15) is 0 Å². The molecule has 11 nitrogen and oxygen atoms in total. The highest BCUT2D eigenvalue weighted by Crippen LogP contribution is 2.02. The Morgan fingerprint density at radius 1 is 0.833 bits per heavy atom. The number of rotatable bonds is 10. The van der Waals surface area contributed by atoms with Gasteiger partial charge in [0.25, 0.3) is 0 Å². The molecule has 0 aromatic heterocycles. The number of carboxylic acid groups (broad SMARTS) is 3. The Hall–Kier alpha value is -2.69. The van der Waals surface area contributed by atoms with E-state index in [1.807, 2.05) is 5.32 Å². The quantitative estimate of drug-likeness (QED) is 0.258. The molecule has 0 spiro atoms. The second-order valence-corrected chi connectivity index (χ2v) is 5.43. The fraction of sp³-hybridized carbons (Fsp3) is 0.615. The van der Waals surface area contributed by atoms with Crippen molar-refractivity contribution >= 4 is 29.7 Å². The standard InChI is InChI=1S/C13H21N3O8/c1-5(2)10(14)12(22)15-6(3-8(17)18)11(21)16-7(13(23)24)4-9(19)20/h5-7,10H,3-4,14H2,1-2H3,(H,15,22)(H,16,21)(H,17,18)(H,19,20)(H,23,24). The van der Waals surface area contributed by atoms with E-state index in [0.717, 1.165) is 0 Å². The maximum absolute atomic E-state index is 12.0. The molecule has 0 aromatic carbocycles. The predicted octanol–water partition coefficient (Wildman–Crippen LogP) is -2.03. The van der Waals surface area contributed by atoms with Crippen LogP contribution in [0.15, 0.2) is 0 Å². The molecule has 3 atom stereocenters. The number of nitrogens with one attached hydrogen (secondary N) is 2. The van der Waals surface area contributed by atoms with Crippen molar-refractivity contribution in [2.45, 2.75) is 44.8 Å². The zero-order valence-corrected chi connectivity index (χ0v) is 13.2. The average molecular weight is 347 g/mol. The maximum atomic E-state index is 12.0. The number of amides is 2. The lowest BCUT2D eigenvalue weighted by Gasteiger charge is -2.22. The summed E-state index contributed by atoms with van der Waals surface area (Å²) in [5.41, 5.74) is 5.59. The highest BCUT2D eigenvalue weighted by molar-refractivity contribution is 5.94. The molecule has 0 fully saturated rings. The Morgan fingerprint density at radius 2 is 1.25 bits per heavy atom. The van der Waals surface area contributed by atoms with E-state index in [-0.39, 0.29) is 5.92 Å². The summed E-state index contributed by atoms with van der Waals surface area (Å²) < 4.78 is 0. The van der Waals surface area contributed by atoms with Crippen LogP contribution in [0.3, 0.4) is 0 Å². The number of carbonyl (C=O) groups is 5. The lowest BCUT2D eigenvalue weighted by atomic mass is 10.0. The fourth-order valence-corrected chi connectivity index (χ4v) is 1.60. The minimum atomic E-state index is -1.76. The average Bonchev–Trinajstić information content (AvgIpc) is 2.43. The molecule has 0 saturated heterocycles. The number of nitrogens with two attached hydrogens (primary N) is 1. The SMILES string of the molecule is CC(C)C(N)C(=O)NC(CC(=O)O)C(=O)NC(CC(=O)O)C(=O)O. The summed E-state index contributed by atoms with van der Waals surface area (Å²) in [5, 5.41) is 30.3. The lowest BCUT2D eigenvalue weighted by Crippen LogP contribution is -2.56. The van der Waals surface area contributed by atoms with Crippen molar-refractivity contribution in [2.75, 3.05) is 0 Å². The van der Waals surface area contributed by atoms with Gasteiger partial charge in [0.2, 0.25) is 11.8 Å². The van der Waals surface area contributed by atoms with Gasteiger partial charge in [-0.1, -0.05) is 13.8 Å². The summed E-state index contributed by atoms with van der Waals surface area (Å²) in [6, 6.07) is -4.35. The minimum absolute atomic E-state index is 0.280. The van der Waals surface area contributed by atoms with E-state index in [4.69, 9.17) is 21.1 Å². The van der Waals surface area contributed by atoms with Crippen LogP contribution in [0, 0.1) is 5.92 Å². The topological polar surface area (TPSA) is 196 Å². The third-order valence-electron chi connectivity index (χ3n) is 3.03. The summed E-state index contributed by atoms with van der Waals surface area (Å²) in [5.74, 6) is -6.68. The third-order valence-corrected chi connectivity index (χ3v) is 3.03. The van der Waals surface area contributed by atoms with Gasteiger partial charge in [-0.05, 0) is 5.92 Å². The van der Waals surface area contributed by atoms with Gasteiger partial charge in [0, 0.05) is 0 Å². The van der Waals surface area contributed by atoms with Gasteiger partial charge >= 0.3 is 17.9 Å². The molecule has 0 aliphatic rings. The van der Waals surface area contributed by atoms with E-state index in [9.17, 15) is 24.0 Å². The molecule has 24 heavy (non-hydrogen) atoms. The van der Waals surface area contributed by atoms with E-state index >= 15 is 0 Å². The van der Waals surface area contributed by atoms with Crippen LogP contribution < -0.4 is 16.4 Å². The van der Waals surface area contributed by atoms with Crippen molar-refractivity contribution in [3.63, 3.8) is 0 Å². The summed E-state index contributed by atoms with van der Waals surface area (Å²) >= 11 is 0. The molecule has 3 unspecified atom stereocenters. The Balaban J connectivity index is 5.11. The molecular formula is C13H21N3O8. The first-order valence-electron chi connectivity index (χ1n) is 6.98. The van der Waals surface area contributed by atoms with Crippen molar-refractivity contribution in [2.24, 2.45) is 11.7 Å². The Morgan fingerprint density at radius 3 is 1.62 bits per heavy atom. The summed E-state index contributed by atoms with van der Waals surface area (Å²) in [4.78, 5) is 56.2. The van der Waals surface area contributed by atoms with Gasteiger partial charge in [-0.25, -0.2) is 4.79 Å². The maximum Gasteiger partial charge on any atom is 0.326 e. The van der Waals surface area contributed by atoms with E-state index in [1.54, 1.807) is 13.8 Å². The molecule has 0 aliphatic heterocycles. The van der Waals surface area contributed by atoms with E-state index in [0.29, 0.717) is 0 Å².